The first-order valence-corrected chi connectivity index (χ1v) is 12.8. The lowest BCUT2D eigenvalue weighted by molar-refractivity contribution is -0.108. The molecule has 1 aliphatic heterocycles. The Hall–Kier alpha value is -5.31. The number of anilines is 1. The van der Waals surface area contributed by atoms with Crippen LogP contribution in [0.3, 0.4) is 0 Å². The number of nitrogens with two attached hydrogens (primary N) is 1. The van der Waals surface area contributed by atoms with E-state index in [2.05, 4.69) is 15.0 Å². The van der Waals surface area contributed by atoms with E-state index in [1.54, 1.807) is 16.8 Å². The van der Waals surface area contributed by atoms with E-state index < -0.39 is 17.8 Å². The minimum atomic E-state index is -0.666. The fraction of sp³-hybridized carbons (Fsp3) is 0.0968. The molecule has 0 bridgehead atoms. The molecule has 0 radical (unpaired) electrons. The standard InChI is InChI=1S/C31H23FN6O2/c1-17(29-26(19-5-4-6-21(32)13-19)23(15-39)22-7-2-3-8-25(22)40-29)38-31-27(30(33)35-16-36-31)28(37-38)20-10-9-18-11-12-34-24(18)14-20/h2-17,23,34H,1H3,(H2,33,35,36). The Kier molecular flexibility index (Phi) is 5.45. The number of halogens is 1. The second kappa shape index (κ2) is 9.16. The molecule has 196 valence electrons. The molecule has 2 unspecified atom stereocenters. The van der Waals surface area contributed by atoms with Crippen LogP contribution < -0.4 is 10.5 Å². The van der Waals surface area contributed by atoms with Gasteiger partial charge in [-0.25, -0.2) is 19.0 Å². The van der Waals surface area contributed by atoms with Gasteiger partial charge in [-0.3, -0.25) is 0 Å². The van der Waals surface area contributed by atoms with Gasteiger partial charge in [0.15, 0.2) is 5.65 Å². The van der Waals surface area contributed by atoms with Crippen molar-refractivity contribution in [3.63, 3.8) is 0 Å². The zero-order valence-corrected chi connectivity index (χ0v) is 21.4. The predicted octanol–water partition coefficient (Wildman–Crippen LogP) is 6.04. The van der Waals surface area contributed by atoms with E-state index in [0.717, 1.165) is 22.8 Å². The molecule has 6 aromatic rings. The zero-order valence-electron chi connectivity index (χ0n) is 21.4. The lowest BCUT2D eigenvalue weighted by atomic mass is 9.83. The summed E-state index contributed by atoms with van der Waals surface area (Å²) >= 11 is 0. The number of rotatable bonds is 5. The van der Waals surface area contributed by atoms with Crippen LogP contribution in [0.4, 0.5) is 10.2 Å². The van der Waals surface area contributed by atoms with E-state index in [4.69, 9.17) is 15.6 Å². The normalized spacial score (nSPS) is 15.7. The number of carbonyl (C=O) groups is 1. The number of nitrogens with zero attached hydrogens (tertiary/aromatic N) is 4. The molecule has 0 fully saturated rings. The van der Waals surface area contributed by atoms with E-state index in [1.165, 1.54) is 18.5 Å². The van der Waals surface area contributed by atoms with Crippen LogP contribution in [0.2, 0.25) is 0 Å². The van der Waals surface area contributed by atoms with E-state index in [-0.39, 0.29) is 0 Å². The topological polar surface area (TPSA) is 112 Å². The zero-order chi connectivity index (χ0) is 27.4. The molecule has 40 heavy (non-hydrogen) atoms. The molecule has 3 N–H and O–H groups in total. The number of hydrogen-bond acceptors (Lipinski definition) is 6. The lowest BCUT2D eigenvalue weighted by Crippen LogP contribution is -2.23. The van der Waals surface area contributed by atoms with Gasteiger partial charge in [-0.05, 0) is 48.2 Å². The number of nitrogen functional groups attached to an aromatic ring is 1. The first-order chi connectivity index (χ1) is 19.5. The van der Waals surface area contributed by atoms with Gasteiger partial charge in [0.1, 0.15) is 47.5 Å². The van der Waals surface area contributed by atoms with Crippen molar-refractivity contribution in [3.05, 3.63) is 108 Å². The summed E-state index contributed by atoms with van der Waals surface area (Å²) in [7, 11) is 0. The summed E-state index contributed by atoms with van der Waals surface area (Å²) in [4.78, 5) is 24.6. The third kappa shape index (κ3) is 3.66. The van der Waals surface area contributed by atoms with Gasteiger partial charge in [-0.2, -0.15) is 5.10 Å². The molecule has 8 nitrogen and oxygen atoms in total. The van der Waals surface area contributed by atoms with Crippen LogP contribution in [-0.4, -0.2) is 31.0 Å². The highest BCUT2D eigenvalue weighted by atomic mass is 19.1. The maximum absolute atomic E-state index is 14.4. The van der Waals surface area contributed by atoms with Crippen molar-refractivity contribution < 1.29 is 13.9 Å². The molecular weight excluding hydrogens is 507 g/mol. The maximum Gasteiger partial charge on any atom is 0.164 e. The maximum atomic E-state index is 14.4. The Morgan fingerprint density at radius 3 is 2.77 bits per heavy atom. The second-order valence-electron chi connectivity index (χ2n) is 9.75. The van der Waals surface area contributed by atoms with Crippen LogP contribution in [0, 0.1) is 5.82 Å². The Balaban J connectivity index is 1.47. The summed E-state index contributed by atoms with van der Waals surface area (Å²) in [6.45, 7) is 1.91. The summed E-state index contributed by atoms with van der Waals surface area (Å²) in [5.41, 5.74) is 11.1. The summed E-state index contributed by atoms with van der Waals surface area (Å²) < 4.78 is 22.6. The van der Waals surface area contributed by atoms with Gasteiger partial charge in [-0.15, -0.1) is 0 Å². The molecule has 0 saturated carbocycles. The summed E-state index contributed by atoms with van der Waals surface area (Å²) in [6, 6.07) is 21.0. The number of aldehydes is 1. The van der Waals surface area contributed by atoms with Gasteiger partial charge >= 0.3 is 0 Å². The molecule has 1 aliphatic rings. The van der Waals surface area contributed by atoms with Gasteiger partial charge in [0.05, 0.1) is 11.3 Å². The van der Waals surface area contributed by atoms with Crippen LogP contribution in [0.25, 0.3) is 38.8 Å². The summed E-state index contributed by atoms with van der Waals surface area (Å²) in [5.74, 6) is 0.247. The molecule has 3 aromatic carbocycles. The molecule has 4 heterocycles. The Bertz CT molecular complexity index is 1970. The highest BCUT2D eigenvalue weighted by molar-refractivity contribution is 6.00. The van der Waals surface area contributed by atoms with Crippen molar-refractivity contribution in [1.29, 1.82) is 0 Å². The van der Waals surface area contributed by atoms with E-state index in [0.29, 0.717) is 50.8 Å². The third-order valence-corrected chi connectivity index (χ3v) is 7.42. The average Bonchev–Trinajstić information content (AvgIpc) is 3.61. The van der Waals surface area contributed by atoms with Crippen LogP contribution in [0.1, 0.15) is 30.0 Å². The lowest BCUT2D eigenvalue weighted by Gasteiger charge is -2.31. The number of benzene rings is 3. The quantitative estimate of drug-likeness (QED) is 0.263. The van der Waals surface area contributed by atoms with Crippen molar-refractivity contribution in [1.82, 2.24) is 24.7 Å². The number of allylic oxidation sites excluding steroid dienone is 2. The van der Waals surface area contributed by atoms with Gasteiger partial charge in [-0.1, -0.05) is 42.5 Å². The second-order valence-corrected chi connectivity index (χ2v) is 9.75. The molecule has 0 spiro atoms. The molecular formula is C31H23FN6O2. The fourth-order valence-corrected chi connectivity index (χ4v) is 5.52. The average molecular weight is 531 g/mol. The van der Waals surface area contributed by atoms with Crippen LogP contribution in [0.15, 0.2) is 91.1 Å². The monoisotopic (exact) mass is 530 g/mol. The molecule has 2 atom stereocenters. The van der Waals surface area contributed by atoms with Gasteiger partial charge < -0.3 is 20.2 Å². The smallest absolute Gasteiger partial charge is 0.164 e. The summed E-state index contributed by atoms with van der Waals surface area (Å²) in [6.07, 6.45) is 4.15. The first kappa shape index (κ1) is 23.8. The predicted molar refractivity (Wildman–Crippen MR) is 151 cm³/mol. The number of nitrogens with one attached hydrogen (secondary N) is 1. The number of para-hydroxylation sites is 1. The number of ether oxygens (including phenoxy) is 1. The largest absolute Gasteiger partial charge is 0.459 e. The SMILES string of the molecule is CC(C1=C(c2cccc(F)c2)C(C=O)c2ccccc2O1)n1nc(-c2ccc3cc[nH]c3c2)c2c(N)ncnc21. The van der Waals surface area contributed by atoms with Gasteiger partial charge in [0.25, 0.3) is 0 Å². The van der Waals surface area contributed by atoms with E-state index in [1.807, 2.05) is 61.7 Å². The van der Waals surface area contributed by atoms with Crippen molar-refractivity contribution in [2.45, 2.75) is 18.9 Å². The highest BCUT2D eigenvalue weighted by Gasteiger charge is 2.35. The number of carbonyl (C=O) groups excluding carboxylic acids is 1. The van der Waals surface area contributed by atoms with E-state index in [9.17, 15) is 9.18 Å². The van der Waals surface area contributed by atoms with Gasteiger partial charge in [0.2, 0.25) is 0 Å². The number of H-pyrrole nitrogens is 1. The van der Waals surface area contributed by atoms with Crippen molar-refractivity contribution in [2.75, 3.05) is 5.73 Å². The first-order valence-electron chi connectivity index (χ1n) is 12.8. The Morgan fingerprint density at radius 2 is 1.93 bits per heavy atom. The molecule has 0 saturated heterocycles. The van der Waals surface area contributed by atoms with Crippen molar-refractivity contribution >= 4 is 39.6 Å². The van der Waals surface area contributed by atoms with Crippen molar-refractivity contribution in [3.8, 4) is 17.0 Å². The molecule has 9 heteroatoms. The number of aromatic amines is 1. The van der Waals surface area contributed by atoms with Crippen LogP contribution >= 0.6 is 0 Å². The highest BCUT2D eigenvalue weighted by Crippen LogP contribution is 2.46. The Labute approximate surface area is 227 Å². The Morgan fingerprint density at radius 1 is 1.05 bits per heavy atom. The fourth-order valence-electron chi connectivity index (χ4n) is 5.52. The number of aromatic nitrogens is 5. The molecule has 0 amide bonds. The third-order valence-electron chi connectivity index (χ3n) is 7.42. The molecule has 0 aliphatic carbocycles. The minimum Gasteiger partial charge on any atom is -0.459 e. The summed E-state index contributed by atoms with van der Waals surface area (Å²) in [5, 5.41) is 6.66. The molecule has 7 rings (SSSR count). The number of fused-ring (bicyclic) bond motifs is 3. The molecule has 3 aromatic heterocycles. The van der Waals surface area contributed by atoms with E-state index >= 15 is 0 Å². The van der Waals surface area contributed by atoms with Crippen molar-refractivity contribution in [2.24, 2.45) is 0 Å². The number of hydrogen-bond donors (Lipinski definition) is 2. The van der Waals surface area contributed by atoms with Crippen LogP contribution in [0.5, 0.6) is 5.75 Å². The minimum absolute atomic E-state index is 0.296. The van der Waals surface area contributed by atoms with Gasteiger partial charge in [0, 0.05) is 28.4 Å². The van der Waals surface area contributed by atoms with Crippen LogP contribution in [-0.2, 0) is 4.79 Å².